The molecule has 0 fully saturated rings. The molecular formula is C19H25N7O. The predicted octanol–water partition coefficient (Wildman–Crippen LogP) is 2.17. The summed E-state index contributed by atoms with van der Waals surface area (Å²) in [5.41, 5.74) is 1.84. The average Bonchev–Trinajstić information content (AvgIpc) is 3.12. The van der Waals surface area contributed by atoms with Crippen LogP contribution in [0.4, 0.5) is 0 Å². The van der Waals surface area contributed by atoms with E-state index in [4.69, 9.17) is 4.74 Å². The van der Waals surface area contributed by atoms with Crippen molar-refractivity contribution in [2.75, 3.05) is 13.2 Å². The van der Waals surface area contributed by atoms with Crippen molar-refractivity contribution in [3.8, 4) is 5.88 Å². The third kappa shape index (κ3) is 5.16. The van der Waals surface area contributed by atoms with Gasteiger partial charge in [-0.25, -0.2) is 9.98 Å². The lowest BCUT2D eigenvalue weighted by molar-refractivity contribution is 0.305. The minimum absolute atomic E-state index is 0.525. The fourth-order valence-electron chi connectivity index (χ4n) is 2.48. The van der Waals surface area contributed by atoms with Gasteiger partial charge in [0.25, 0.3) is 0 Å². The van der Waals surface area contributed by atoms with Crippen molar-refractivity contribution in [1.82, 2.24) is 30.2 Å². The number of rotatable bonds is 8. The van der Waals surface area contributed by atoms with E-state index in [1.165, 1.54) is 0 Å². The molecular weight excluding hydrogens is 342 g/mol. The van der Waals surface area contributed by atoms with Crippen LogP contribution in [0.3, 0.4) is 0 Å². The monoisotopic (exact) mass is 367 g/mol. The molecule has 0 amide bonds. The van der Waals surface area contributed by atoms with Crippen LogP contribution < -0.4 is 15.4 Å². The number of aromatic nitrogens is 4. The standard InChI is InChI=1S/C19H25N7O/c1-3-11-27-18-9-8-15(12-21-18)13-22-19(20-4-2)23-14-17-25-24-16-7-5-6-10-26(16)17/h5-10,12H,3-4,11,13-14H2,1-2H3,(H2,20,22,23). The van der Waals surface area contributed by atoms with E-state index < -0.39 is 0 Å². The smallest absolute Gasteiger partial charge is 0.213 e. The van der Waals surface area contributed by atoms with Gasteiger partial charge in [-0.3, -0.25) is 4.40 Å². The van der Waals surface area contributed by atoms with Gasteiger partial charge in [-0.1, -0.05) is 19.1 Å². The van der Waals surface area contributed by atoms with E-state index in [-0.39, 0.29) is 0 Å². The summed E-state index contributed by atoms with van der Waals surface area (Å²) >= 11 is 0. The van der Waals surface area contributed by atoms with E-state index in [1.807, 2.05) is 47.9 Å². The minimum atomic E-state index is 0.525. The van der Waals surface area contributed by atoms with Gasteiger partial charge in [-0.15, -0.1) is 10.2 Å². The molecule has 0 aliphatic heterocycles. The van der Waals surface area contributed by atoms with Gasteiger partial charge in [0.05, 0.1) is 19.7 Å². The first-order chi connectivity index (χ1) is 13.3. The summed E-state index contributed by atoms with van der Waals surface area (Å²) in [4.78, 5) is 8.92. The van der Waals surface area contributed by atoms with Crippen LogP contribution in [-0.4, -0.2) is 38.7 Å². The molecule has 142 valence electrons. The molecule has 3 heterocycles. The van der Waals surface area contributed by atoms with E-state index in [2.05, 4.69) is 37.7 Å². The number of nitrogens with one attached hydrogen (secondary N) is 2. The molecule has 3 aromatic heterocycles. The molecule has 0 aromatic carbocycles. The van der Waals surface area contributed by atoms with Crippen LogP contribution in [0.1, 0.15) is 31.7 Å². The molecule has 27 heavy (non-hydrogen) atoms. The van der Waals surface area contributed by atoms with E-state index in [1.54, 1.807) is 6.20 Å². The molecule has 3 aromatic rings. The maximum absolute atomic E-state index is 5.50. The molecule has 2 N–H and O–H groups in total. The minimum Gasteiger partial charge on any atom is -0.478 e. The van der Waals surface area contributed by atoms with Crippen molar-refractivity contribution in [2.45, 2.75) is 33.4 Å². The Morgan fingerprint density at radius 1 is 1.15 bits per heavy atom. The first-order valence-electron chi connectivity index (χ1n) is 9.18. The van der Waals surface area contributed by atoms with E-state index in [9.17, 15) is 0 Å². The molecule has 0 saturated heterocycles. The lowest BCUT2D eigenvalue weighted by Gasteiger charge is -2.10. The zero-order chi connectivity index (χ0) is 18.9. The first kappa shape index (κ1) is 18.6. The number of pyridine rings is 2. The Labute approximate surface area is 158 Å². The van der Waals surface area contributed by atoms with E-state index in [0.717, 1.165) is 36.0 Å². The number of nitrogens with zero attached hydrogens (tertiary/aromatic N) is 5. The number of fused-ring (bicyclic) bond motifs is 1. The molecule has 0 aliphatic rings. The van der Waals surface area contributed by atoms with Crippen LogP contribution >= 0.6 is 0 Å². The SMILES string of the molecule is CCCOc1ccc(CN=C(NCC)NCc2nnc3ccccn23)cn1. The van der Waals surface area contributed by atoms with Crippen molar-refractivity contribution in [3.05, 3.63) is 54.1 Å². The van der Waals surface area contributed by atoms with Gasteiger partial charge in [0, 0.05) is 25.0 Å². The molecule has 0 saturated carbocycles. The largest absolute Gasteiger partial charge is 0.478 e. The summed E-state index contributed by atoms with van der Waals surface area (Å²) in [6, 6.07) is 9.69. The van der Waals surface area contributed by atoms with Gasteiger partial charge < -0.3 is 15.4 Å². The number of hydrogen-bond donors (Lipinski definition) is 2. The lowest BCUT2D eigenvalue weighted by atomic mass is 10.3. The van der Waals surface area contributed by atoms with Crippen LogP contribution in [-0.2, 0) is 13.1 Å². The summed E-state index contributed by atoms with van der Waals surface area (Å²) < 4.78 is 7.46. The Kier molecular flexibility index (Phi) is 6.56. The Hall–Kier alpha value is -3.16. The maximum Gasteiger partial charge on any atom is 0.213 e. The summed E-state index contributed by atoms with van der Waals surface area (Å²) in [6.45, 7) is 6.60. The molecule has 0 atom stereocenters. The first-order valence-corrected chi connectivity index (χ1v) is 9.18. The lowest BCUT2D eigenvalue weighted by Crippen LogP contribution is -2.37. The Morgan fingerprint density at radius 3 is 2.85 bits per heavy atom. The fourth-order valence-corrected chi connectivity index (χ4v) is 2.48. The fraction of sp³-hybridized carbons (Fsp3) is 0.368. The Morgan fingerprint density at radius 2 is 2.07 bits per heavy atom. The summed E-state index contributed by atoms with van der Waals surface area (Å²) in [5, 5.41) is 14.9. The molecule has 3 rings (SSSR count). The van der Waals surface area contributed by atoms with Gasteiger partial charge in [-0.2, -0.15) is 0 Å². The molecule has 0 radical (unpaired) electrons. The summed E-state index contributed by atoms with van der Waals surface area (Å²) in [6.07, 6.45) is 4.71. The molecule has 8 nitrogen and oxygen atoms in total. The molecule has 0 spiro atoms. The number of guanidine groups is 1. The highest BCUT2D eigenvalue weighted by Gasteiger charge is 2.05. The average molecular weight is 367 g/mol. The van der Waals surface area contributed by atoms with Crippen LogP contribution in [0.5, 0.6) is 5.88 Å². The second kappa shape index (κ2) is 9.51. The van der Waals surface area contributed by atoms with Crippen LogP contribution in [0.2, 0.25) is 0 Å². The van der Waals surface area contributed by atoms with E-state index in [0.29, 0.717) is 25.6 Å². The highest BCUT2D eigenvalue weighted by Crippen LogP contribution is 2.09. The zero-order valence-corrected chi connectivity index (χ0v) is 15.7. The number of ether oxygens (including phenoxy) is 1. The Balaban J connectivity index is 1.60. The van der Waals surface area contributed by atoms with Gasteiger partial charge in [0.15, 0.2) is 17.4 Å². The second-order valence-electron chi connectivity index (χ2n) is 5.95. The van der Waals surface area contributed by atoms with Crippen LogP contribution in [0, 0.1) is 0 Å². The topological polar surface area (TPSA) is 88.7 Å². The zero-order valence-electron chi connectivity index (χ0n) is 15.7. The molecule has 8 heteroatoms. The van der Waals surface area contributed by atoms with Crippen molar-refractivity contribution >= 4 is 11.6 Å². The van der Waals surface area contributed by atoms with Crippen molar-refractivity contribution in [3.63, 3.8) is 0 Å². The number of aliphatic imine (C=N–C) groups is 1. The van der Waals surface area contributed by atoms with Gasteiger partial charge in [-0.05, 0) is 31.0 Å². The van der Waals surface area contributed by atoms with Gasteiger partial charge in [0.1, 0.15) is 0 Å². The highest BCUT2D eigenvalue weighted by atomic mass is 16.5. The third-order valence-corrected chi connectivity index (χ3v) is 3.81. The van der Waals surface area contributed by atoms with Crippen LogP contribution in [0.25, 0.3) is 5.65 Å². The second-order valence-corrected chi connectivity index (χ2v) is 5.95. The quantitative estimate of drug-likeness (QED) is 0.469. The molecule has 0 unspecified atom stereocenters. The summed E-state index contributed by atoms with van der Waals surface area (Å²) in [7, 11) is 0. The van der Waals surface area contributed by atoms with E-state index >= 15 is 0 Å². The predicted molar refractivity (Wildman–Crippen MR) is 105 cm³/mol. The summed E-state index contributed by atoms with van der Waals surface area (Å²) in [5.74, 6) is 2.19. The molecule has 0 bridgehead atoms. The molecule has 0 aliphatic carbocycles. The third-order valence-electron chi connectivity index (χ3n) is 3.81. The van der Waals surface area contributed by atoms with Crippen LogP contribution in [0.15, 0.2) is 47.7 Å². The normalized spacial score (nSPS) is 11.6. The maximum atomic E-state index is 5.50. The van der Waals surface area contributed by atoms with Crippen molar-refractivity contribution in [2.24, 2.45) is 4.99 Å². The van der Waals surface area contributed by atoms with Gasteiger partial charge in [0.2, 0.25) is 5.88 Å². The van der Waals surface area contributed by atoms with Crippen molar-refractivity contribution < 1.29 is 4.74 Å². The number of hydrogen-bond acceptors (Lipinski definition) is 5. The van der Waals surface area contributed by atoms with Crippen molar-refractivity contribution in [1.29, 1.82) is 0 Å². The van der Waals surface area contributed by atoms with Gasteiger partial charge >= 0.3 is 0 Å². The Bertz CT molecular complexity index is 873. The highest BCUT2D eigenvalue weighted by molar-refractivity contribution is 5.79.